The van der Waals surface area contributed by atoms with E-state index in [1.54, 1.807) is 22.2 Å². The molecule has 0 fully saturated rings. The van der Waals surface area contributed by atoms with Gasteiger partial charge in [0, 0.05) is 16.8 Å². The Hall–Kier alpha value is -1.96. The molecule has 2 rings (SSSR count). The summed E-state index contributed by atoms with van der Waals surface area (Å²) in [5, 5.41) is 16.2. The van der Waals surface area contributed by atoms with Crippen molar-refractivity contribution in [3.05, 3.63) is 22.3 Å². The molecule has 0 aromatic carbocycles. The Labute approximate surface area is 134 Å². The van der Waals surface area contributed by atoms with E-state index in [2.05, 4.69) is 46.7 Å². The molecule has 2 aromatic rings. The van der Waals surface area contributed by atoms with Crippen molar-refractivity contribution in [2.24, 2.45) is 0 Å². The molecular formula is C14H22N6OS. The van der Waals surface area contributed by atoms with E-state index in [1.165, 1.54) is 0 Å². The Morgan fingerprint density at radius 1 is 1.41 bits per heavy atom. The van der Waals surface area contributed by atoms with Crippen molar-refractivity contribution < 1.29 is 4.79 Å². The van der Waals surface area contributed by atoms with E-state index in [0.29, 0.717) is 12.4 Å². The number of thiazole rings is 1. The van der Waals surface area contributed by atoms with Gasteiger partial charge in [-0.2, -0.15) is 0 Å². The van der Waals surface area contributed by atoms with E-state index < -0.39 is 0 Å². The number of nitrogens with zero attached hydrogens (tertiary/aromatic N) is 4. The molecule has 0 spiro atoms. The normalized spacial score (nSPS) is 11.7. The van der Waals surface area contributed by atoms with E-state index in [-0.39, 0.29) is 17.5 Å². The maximum absolute atomic E-state index is 11.8. The summed E-state index contributed by atoms with van der Waals surface area (Å²) >= 11 is 1.55. The summed E-state index contributed by atoms with van der Waals surface area (Å²) in [7, 11) is 0. The van der Waals surface area contributed by atoms with Gasteiger partial charge in [-0.1, -0.05) is 26.0 Å². The summed E-state index contributed by atoms with van der Waals surface area (Å²) in [6, 6.07) is -0.111. The van der Waals surface area contributed by atoms with Crippen LogP contribution in [0.3, 0.4) is 0 Å². The van der Waals surface area contributed by atoms with E-state index in [1.807, 2.05) is 19.2 Å². The van der Waals surface area contributed by atoms with E-state index in [0.717, 1.165) is 10.7 Å². The summed E-state index contributed by atoms with van der Waals surface area (Å²) in [6.45, 7) is 10.7. The van der Waals surface area contributed by atoms with Gasteiger partial charge in [-0.15, -0.1) is 16.4 Å². The molecule has 0 aliphatic rings. The van der Waals surface area contributed by atoms with Crippen molar-refractivity contribution in [1.82, 2.24) is 25.3 Å². The molecule has 0 bridgehead atoms. The Kier molecular flexibility index (Phi) is 4.80. The van der Waals surface area contributed by atoms with Crippen molar-refractivity contribution in [3.8, 4) is 0 Å². The Morgan fingerprint density at radius 2 is 2.14 bits per heavy atom. The van der Waals surface area contributed by atoms with Gasteiger partial charge in [0.25, 0.3) is 0 Å². The minimum absolute atomic E-state index is 0.0202. The topological polar surface area (TPSA) is 84.7 Å². The molecule has 0 saturated heterocycles. The SMILES string of the molecule is CC(C)n1cc(NC(=O)NCc2nc(C(C)(C)C)cs2)nn1. The van der Waals surface area contributed by atoms with Gasteiger partial charge in [-0.25, -0.2) is 14.5 Å². The number of nitrogens with one attached hydrogen (secondary N) is 2. The highest BCUT2D eigenvalue weighted by atomic mass is 32.1. The predicted molar refractivity (Wildman–Crippen MR) is 87.1 cm³/mol. The van der Waals surface area contributed by atoms with E-state index >= 15 is 0 Å². The van der Waals surface area contributed by atoms with Crippen LogP contribution >= 0.6 is 11.3 Å². The number of anilines is 1. The minimum Gasteiger partial charge on any atom is -0.331 e. The number of hydrogen-bond acceptors (Lipinski definition) is 5. The first-order chi connectivity index (χ1) is 10.3. The number of amides is 2. The average Bonchev–Trinajstić information content (AvgIpc) is 3.04. The zero-order valence-corrected chi connectivity index (χ0v) is 14.4. The lowest BCUT2D eigenvalue weighted by atomic mass is 9.93. The van der Waals surface area contributed by atoms with Gasteiger partial charge in [0.05, 0.1) is 18.4 Å². The van der Waals surface area contributed by atoms with Gasteiger partial charge < -0.3 is 5.32 Å². The molecule has 22 heavy (non-hydrogen) atoms. The van der Waals surface area contributed by atoms with Crippen LogP contribution in [0, 0.1) is 0 Å². The fraction of sp³-hybridized carbons (Fsp3) is 0.571. The summed E-state index contributed by atoms with van der Waals surface area (Å²) in [5.74, 6) is 0.431. The van der Waals surface area contributed by atoms with Gasteiger partial charge in [-0.3, -0.25) is 5.32 Å². The first-order valence-electron chi connectivity index (χ1n) is 7.17. The lowest BCUT2D eigenvalue weighted by Crippen LogP contribution is -2.28. The van der Waals surface area contributed by atoms with Crippen LogP contribution in [0.25, 0.3) is 0 Å². The molecule has 2 amide bonds. The molecule has 0 aliphatic heterocycles. The first-order valence-corrected chi connectivity index (χ1v) is 8.05. The standard InChI is InChI=1S/C14H22N6OS/c1-9(2)20-7-11(18-19-20)17-13(21)15-6-12-16-10(8-22-12)14(3,4)5/h7-9H,6H2,1-5H3,(H2,15,17,21). The van der Waals surface area contributed by atoms with Gasteiger partial charge in [0.2, 0.25) is 0 Å². The van der Waals surface area contributed by atoms with Gasteiger partial charge in [0.1, 0.15) is 5.01 Å². The van der Waals surface area contributed by atoms with Gasteiger partial charge >= 0.3 is 6.03 Å². The summed E-state index contributed by atoms with van der Waals surface area (Å²) in [5.41, 5.74) is 1.06. The fourth-order valence-corrected chi connectivity index (χ4v) is 2.60. The van der Waals surface area contributed by atoms with Crippen LogP contribution in [0.1, 0.15) is 51.4 Å². The van der Waals surface area contributed by atoms with Crippen LogP contribution in [-0.4, -0.2) is 26.0 Å². The second kappa shape index (κ2) is 6.43. The zero-order valence-electron chi connectivity index (χ0n) is 13.5. The lowest BCUT2D eigenvalue weighted by molar-refractivity contribution is 0.251. The van der Waals surface area contributed by atoms with Crippen molar-refractivity contribution in [3.63, 3.8) is 0 Å². The molecule has 0 radical (unpaired) electrons. The molecule has 8 heteroatoms. The maximum atomic E-state index is 11.8. The first kappa shape index (κ1) is 16.4. The van der Waals surface area contributed by atoms with E-state index in [9.17, 15) is 4.79 Å². The largest absolute Gasteiger partial charge is 0.331 e. The average molecular weight is 322 g/mol. The number of carbonyl (C=O) groups excluding carboxylic acids is 1. The van der Waals surface area contributed by atoms with Crippen molar-refractivity contribution in [1.29, 1.82) is 0 Å². The number of aromatic nitrogens is 4. The van der Waals surface area contributed by atoms with Gasteiger partial charge in [-0.05, 0) is 13.8 Å². The highest BCUT2D eigenvalue weighted by molar-refractivity contribution is 7.09. The Balaban J connectivity index is 1.86. The van der Waals surface area contributed by atoms with Crippen LogP contribution in [0.15, 0.2) is 11.6 Å². The third kappa shape index (κ3) is 4.27. The van der Waals surface area contributed by atoms with Gasteiger partial charge in [0.15, 0.2) is 5.82 Å². The molecule has 7 nitrogen and oxygen atoms in total. The number of hydrogen-bond donors (Lipinski definition) is 2. The molecule has 0 atom stereocenters. The zero-order chi connectivity index (χ0) is 16.3. The van der Waals surface area contributed by atoms with Crippen molar-refractivity contribution >= 4 is 23.2 Å². The van der Waals surface area contributed by atoms with Crippen molar-refractivity contribution in [2.75, 3.05) is 5.32 Å². The molecular weight excluding hydrogens is 300 g/mol. The third-order valence-corrected chi connectivity index (χ3v) is 3.85. The second-order valence-electron chi connectivity index (χ2n) is 6.36. The van der Waals surface area contributed by atoms with Crippen LogP contribution in [0.4, 0.5) is 10.6 Å². The lowest BCUT2D eigenvalue weighted by Gasteiger charge is -2.14. The summed E-state index contributed by atoms with van der Waals surface area (Å²) in [4.78, 5) is 16.4. The number of rotatable bonds is 4. The van der Waals surface area contributed by atoms with Crippen molar-refractivity contribution in [2.45, 2.75) is 52.6 Å². The van der Waals surface area contributed by atoms with Crippen LogP contribution in [-0.2, 0) is 12.0 Å². The second-order valence-corrected chi connectivity index (χ2v) is 7.30. The molecule has 2 heterocycles. The summed E-state index contributed by atoms with van der Waals surface area (Å²) < 4.78 is 1.69. The highest BCUT2D eigenvalue weighted by Gasteiger charge is 2.17. The quantitative estimate of drug-likeness (QED) is 0.906. The summed E-state index contributed by atoms with van der Waals surface area (Å²) in [6.07, 6.45) is 1.70. The molecule has 0 unspecified atom stereocenters. The Bertz CT molecular complexity index is 640. The van der Waals surface area contributed by atoms with Crippen LogP contribution < -0.4 is 10.6 Å². The maximum Gasteiger partial charge on any atom is 0.320 e. The fourth-order valence-electron chi connectivity index (χ4n) is 1.64. The molecule has 2 N–H and O–H groups in total. The van der Waals surface area contributed by atoms with Crippen LogP contribution in [0.5, 0.6) is 0 Å². The molecule has 0 aliphatic carbocycles. The monoisotopic (exact) mass is 322 g/mol. The number of urea groups is 1. The third-order valence-electron chi connectivity index (χ3n) is 3.00. The highest BCUT2D eigenvalue weighted by Crippen LogP contribution is 2.23. The smallest absolute Gasteiger partial charge is 0.320 e. The molecule has 120 valence electrons. The minimum atomic E-state index is -0.316. The number of carbonyl (C=O) groups is 1. The molecule has 0 saturated carbocycles. The van der Waals surface area contributed by atoms with E-state index in [4.69, 9.17) is 0 Å². The molecule has 2 aromatic heterocycles. The van der Waals surface area contributed by atoms with Crippen LogP contribution in [0.2, 0.25) is 0 Å². The predicted octanol–water partition coefficient (Wildman–Crippen LogP) is 2.93. The Morgan fingerprint density at radius 3 is 2.68 bits per heavy atom.